The van der Waals surface area contributed by atoms with Crippen LogP contribution < -0.4 is 0 Å². The van der Waals surface area contributed by atoms with Crippen molar-refractivity contribution in [3.63, 3.8) is 0 Å². The van der Waals surface area contributed by atoms with Gasteiger partial charge in [0.15, 0.2) is 0 Å². The maximum atomic E-state index is 11.4. The summed E-state index contributed by atoms with van der Waals surface area (Å²) in [6.07, 6.45) is 0.594. The van der Waals surface area contributed by atoms with Crippen molar-refractivity contribution < 1.29 is 14.3 Å². The van der Waals surface area contributed by atoms with Gasteiger partial charge in [0.2, 0.25) is 0 Å². The number of cyclic esters (lactones) is 2. The molecular weight excluding hydrogens is 180 g/mol. The Morgan fingerprint density at radius 3 is 2.00 bits per heavy atom. The highest BCUT2D eigenvalue weighted by atomic mass is 16.6. The lowest BCUT2D eigenvalue weighted by Gasteiger charge is -2.16. The average molecular weight is 188 g/mol. The lowest BCUT2D eigenvalue weighted by Crippen LogP contribution is -2.26. The maximum absolute atomic E-state index is 11.4. The smallest absolute Gasteiger partial charge is 0.321 e. The number of fused-ring (bicyclic) bond motifs is 5. The fourth-order valence-corrected chi connectivity index (χ4v) is 2.32. The maximum Gasteiger partial charge on any atom is 0.321 e. The van der Waals surface area contributed by atoms with E-state index in [4.69, 9.17) is 0 Å². The second kappa shape index (κ2) is 2.44. The van der Waals surface area contributed by atoms with Gasteiger partial charge in [0.05, 0.1) is 11.8 Å². The van der Waals surface area contributed by atoms with Crippen molar-refractivity contribution in [1.82, 2.24) is 0 Å². The molecule has 2 aliphatic rings. The molecule has 1 aromatic rings. The molecule has 0 spiro atoms. The molecule has 70 valence electrons. The van der Waals surface area contributed by atoms with Crippen LogP contribution in [0.4, 0.5) is 0 Å². The molecule has 2 unspecified atom stereocenters. The molecule has 0 N–H and O–H groups in total. The molecule has 3 nitrogen and oxygen atoms in total. The van der Waals surface area contributed by atoms with Crippen molar-refractivity contribution >= 4 is 11.9 Å². The van der Waals surface area contributed by atoms with Gasteiger partial charge < -0.3 is 4.74 Å². The first kappa shape index (κ1) is 7.74. The van der Waals surface area contributed by atoms with E-state index in [9.17, 15) is 9.59 Å². The predicted molar refractivity (Wildman–Crippen MR) is 47.6 cm³/mol. The van der Waals surface area contributed by atoms with Gasteiger partial charge in [-0.3, -0.25) is 9.59 Å². The number of benzene rings is 1. The minimum Gasteiger partial charge on any atom is -0.392 e. The summed E-state index contributed by atoms with van der Waals surface area (Å²) >= 11 is 0. The third kappa shape index (κ3) is 0.816. The summed E-state index contributed by atoms with van der Waals surface area (Å²) in [6, 6.07) is 7.58. The summed E-state index contributed by atoms with van der Waals surface area (Å²) in [4.78, 5) is 22.8. The monoisotopic (exact) mass is 188 g/mol. The minimum absolute atomic E-state index is 0.214. The molecule has 0 aromatic heterocycles. The first-order valence-electron chi connectivity index (χ1n) is 4.62. The van der Waals surface area contributed by atoms with E-state index in [0.29, 0.717) is 6.42 Å². The molecule has 0 radical (unpaired) electrons. The SMILES string of the molecule is O=C1OC(=O)C2CC1c1ccccc12. The number of ether oxygens (including phenoxy) is 1. The standard InChI is InChI=1S/C11H8O3/c12-10-8-5-9(11(13)14-10)7-4-2-1-3-6(7)8/h1-4,8-9H,5H2. The highest BCUT2D eigenvalue weighted by Gasteiger charge is 2.45. The second-order valence-corrected chi connectivity index (χ2v) is 3.71. The number of carbonyl (C=O) groups is 2. The molecule has 3 heteroatoms. The Morgan fingerprint density at radius 1 is 1.00 bits per heavy atom. The molecule has 2 bridgehead atoms. The van der Waals surface area contributed by atoms with Crippen molar-refractivity contribution in [3.8, 4) is 0 Å². The fraction of sp³-hybridized carbons (Fsp3) is 0.273. The lowest BCUT2D eigenvalue weighted by atomic mass is 9.99. The van der Waals surface area contributed by atoms with Crippen LogP contribution in [0.2, 0.25) is 0 Å². The number of hydrogen-bond donors (Lipinski definition) is 0. The first-order chi connectivity index (χ1) is 6.77. The predicted octanol–water partition coefficient (Wildman–Crippen LogP) is 1.34. The van der Waals surface area contributed by atoms with Gasteiger partial charge in [0.1, 0.15) is 0 Å². The number of rotatable bonds is 0. The summed E-state index contributed by atoms with van der Waals surface area (Å²) in [6.45, 7) is 0. The Bertz CT molecular complexity index is 397. The first-order valence-corrected chi connectivity index (χ1v) is 4.62. The van der Waals surface area contributed by atoms with Gasteiger partial charge in [0, 0.05) is 0 Å². The molecule has 1 saturated heterocycles. The summed E-state index contributed by atoms with van der Waals surface area (Å²) in [5.41, 5.74) is 1.93. The fourth-order valence-electron chi connectivity index (χ4n) is 2.32. The van der Waals surface area contributed by atoms with Gasteiger partial charge in [-0.25, -0.2) is 0 Å². The Balaban J connectivity index is 2.22. The van der Waals surface area contributed by atoms with Crippen LogP contribution in [0.5, 0.6) is 0 Å². The summed E-state index contributed by atoms with van der Waals surface area (Å²) in [7, 11) is 0. The van der Waals surface area contributed by atoms with Crippen molar-refractivity contribution in [2.24, 2.45) is 0 Å². The number of esters is 2. The summed E-state index contributed by atoms with van der Waals surface area (Å²) in [5, 5.41) is 0. The normalized spacial score (nSPS) is 28.6. The minimum atomic E-state index is -0.392. The van der Waals surface area contributed by atoms with Gasteiger partial charge in [-0.05, 0) is 17.5 Å². The molecular formula is C11H8O3. The number of carbonyl (C=O) groups excluding carboxylic acids is 2. The van der Waals surface area contributed by atoms with Crippen molar-refractivity contribution in [2.45, 2.75) is 18.3 Å². The Labute approximate surface area is 80.7 Å². The average Bonchev–Trinajstić information content (AvgIpc) is 2.52. The van der Waals surface area contributed by atoms with E-state index in [1.165, 1.54) is 0 Å². The van der Waals surface area contributed by atoms with Crippen LogP contribution in [0.3, 0.4) is 0 Å². The third-order valence-corrected chi connectivity index (χ3v) is 2.99. The molecule has 3 rings (SSSR count). The zero-order valence-corrected chi connectivity index (χ0v) is 7.40. The van der Waals surface area contributed by atoms with Crippen molar-refractivity contribution in [2.75, 3.05) is 0 Å². The summed E-state index contributed by atoms with van der Waals surface area (Å²) < 4.78 is 4.68. The molecule has 0 saturated carbocycles. The van der Waals surface area contributed by atoms with E-state index in [1.807, 2.05) is 24.3 Å². The molecule has 0 amide bonds. The molecule has 1 aromatic carbocycles. The van der Waals surface area contributed by atoms with Crippen LogP contribution in [0, 0.1) is 0 Å². The van der Waals surface area contributed by atoms with E-state index >= 15 is 0 Å². The van der Waals surface area contributed by atoms with Crippen LogP contribution in [-0.2, 0) is 14.3 Å². The topological polar surface area (TPSA) is 43.4 Å². The van der Waals surface area contributed by atoms with E-state index in [0.717, 1.165) is 11.1 Å². The van der Waals surface area contributed by atoms with E-state index in [1.54, 1.807) is 0 Å². The van der Waals surface area contributed by atoms with Gasteiger partial charge in [-0.15, -0.1) is 0 Å². The molecule has 2 atom stereocenters. The van der Waals surface area contributed by atoms with Crippen LogP contribution in [-0.4, -0.2) is 11.9 Å². The number of hydrogen-bond acceptors (Lipinski definition) is 3. The molecule has 1 aliphatic heterocycles. The van der Waals surface area contributed by atoms with Crippen LogP contribution >= 0.6 is 0 Å². The zero-order valence-electron chi connectivity index (χ0n) is 7.40. The quantitative estimate of drug-likeness (QED) is 0.456. The van der Waals surface area contributed by atoms with E-state index in [-0.39, 0.29) is 11.8 Å². The van der Waals surface area contributed by atoms with Gasteiger partial charge in [-0.1, -0.05) is 24.3 Å². The van der Waals surface area contributed by atoms with Crippen molar-refractivity contribution in [3.05, 3.63) is 35.4 Å². The second-order valence-electron chi connectivity index (χ2n) is 3.71. The summed E-state index contributed by atoms with van der Waals surface area (Å²) in [5.74, 6) is -1.21. The molecule has 1 aliphatic carbocycles. The zero-order chi connectivity index (χ0) is 9.71. The van der Waals surface area contributed by atoms with Gasteiger partial charge >= 0.3 is 11.9 Å². The lowest BCUT2D eigenvalue weighted by molar-refractivity contribution is -0.165. The molecule has 1 heterocycles. The van der Waals surface area contributed by atoms with Crippen LogP contribution in [0.25, 0.3) is 0 Å². The van der Waals surface area contributed by atoms with Crippen LogP contribution in [0.1, 0.15) is 29.4 Å². The largest absolute Gasteiger partial charge is 0.392 e. The van der Waals surface area contributed by atoms with Gasteiger partial charge in [-0.2, -0.15) is 0 Å². The Kier molecular flexibility index (Phi) is 1.35. The van der Waals surface area contributed by atoms with Crippen molar-refractivity contribution in [1.29, 1.82) is 0 Å². The Morgan fingerprint density at radius 2 is 1.50 bits per heavy atom. The Hall–Kier alpha value is -1.64. The highest BCUT2D eigenvalue weighted by Crippen LogP contribution is 2.45. The third-order valence-electron chi connectivity index (χ3n) is 2.99. The van der Waals surface area contributed by atoms with Crippen LogP contribution in [0.15, 0.2) is 24.3 Å². The highest BCUT2D eigenvalue weighted by molar-refractivity contribution is 5.98. The van der Waals surface area contributed by atoms with E-state index < -0.39 is 11.9 Å². The molecule has 14 heavy (non-hydrogen) atoms. The molecule has 1 fully saturated rings. The van der Waals surface area contributed by atoms with Gasteiger partial charge in [0.25, 0.3) is 0 Å². The van der Waals surface area contributed by atoms with E-state index in [2.05, 4.69) is 4.74 Å².